The Hall–Kier alpha value is -3.86. The molecule has 1 aromatic carbocycles. The van der Waals surface area contributed by atoms with E-state index in [-0.39, 0.29) is 33.9 Å². The second-order valence-corrected chi connectivity index (χ2v) is 8.55. The summed E-state index contributed by atoms with van der Waals surface area (Å²) in [5.41, 5.74) is 12.5. The summed E-state index contributed by atoms with van der Waals surface area (Å²) in [5.74, 6) is -0.415. The van der Waals surface area contributed by atoms with E-state index in [1.807, 2.05) is 35.4 Å². The number of rotatable bonds is 2. The number of likely N-dealkylation sites (tertiary alicyclic amines) is 1. The molecule has 0 bridgehead atoms. The van der Waals surface area contributed by atoms with Crippen molar-refractivity contribution in [2.75, 3.05) is 31.1 Å². The Balaban J connectivity index is 1.21. The molecule has 0 radical (unpaired) electrons. The molecular weight excluding hydrogens is 446 g/mol. The van der Waals surface area contributed by atoms with Crippen molar-refractivity contribution in [1.29, 1.82) is 0 Å². The van der Waals surface area contributed by atoms with Gasteiger partial charge in [0.15, 0.2) is 28.4 Å². The number of carbonyl (C=O) groups excluding carboxylic acids is 2. The zero-order valence-corrected chi connectivity index (χ0v) is 18.3. The van der Waals surface area contributed by atoms with E-state index in [1.165, 1.54) is 0 Å². The van der Waals surface area contributed by atoms with Gasteiger partial charge in [0.25, 0.3) is 11.8 Å². The zero-order valence-electron chi connectivity index (χ0n) is 17.6. The highest BCUT2D eigenvalue weighted by Crippen LogP contribution is 2.28. The van der Waals surface area contributed by atoms with Crippen LogP contribution < -0.4 is 22.1 Å². The molecular formula is C21H22ClN9O2. The van der Waals surface area contributed by atoms with E-state index in [9.17, 15) is 9.59 Å². The van der Waals surface area contributed by atoms with Crippen molar-refractivity contribution in [3.05, 3.63) is 46.9 Å². The number of nitrogens with two attached hydrogens (primary N) is 2. The van der Waals surface area contributed by atoms with E-state index in [2.05, 4.69) is 30.6 Å². The van der Waals surface area contributed by atoms with Crippen LogP contribution in [0.15, 0.2) is 35.5 Å². The van der Waals surface area contributed by atoms with Crippen LogP contribution in [0.5, 0.6) is 0 Å². The number of nitrogen functional groups attached to an aromatic ring is 2. The van der Waals surface area contributed by atoms with Gasteiger partial charge in [-0.3, -0.25) is 19.9 Å². The smallest absolute Gasteiger partial charge is 0.280 e. The predicted molar refractivity (Wildman–Crippen MR) is 125 cm³/mol. The number of nitrogens with one attached hydrogen (secondary N) is 3. The van der Waals surface area contributed by atoms with Crippen molar-refractivity contribution < 1.29 is 9.59 Å². The van der Waals surface area contributed by atoms with Gasteiger partial charge in [0, 0.05) is 35.8 Å². The number of fused-ring (bicyclic) bond motifs is 1. The molecule has 5 rings (SSSR count). The minimum absolute atomic E-state index is 0.0109. The van der Waals surface area contributed by atoms with Gasteiger partial charge in [0.05, 0.1) is 12.1 Å². The standard InChI is InChI=1S/C21H22ClN9O2/c22-15-17(24)28-16(23)14(27-15)18(32)29-20-26-10-21(30-20)5-8-31(9-6-21)19(33)12-2-1-3-13-11(12)4-7-25-13/h1-4,7,25H,5-6,8-10H2,(H4,23,24,28)(H2,26,29,30,32). The lowest BCUT2D eigenvalue weighted by molar-refractivity contribution is 0.0670. The van der Waals surface area contributed by atoms with Crippen molar-refractivity contribution in [2.45, 2.75) is 18.4 Å². The Labute approximate surface area is 193 Å². The van der Waals surface area contributed by atoms with Crippen molar-refractivity contribution in [2.24, 2.45) is 4.99 Å². The highest BCUT2D eigenvalue weighted by atomic mass is 35.5. The Morgan fingerprint density at radius 3 is 2.70 bits per heavy atom. The third-order valence-corrected chi connectivity index (χ3v) is 6.39. The first-order chi connectivity index (χ1) is 15.8. The molecule has 0 unspecified atom stereocenters. The van der Waals surface area contributed by atoms with Gasteiger partial charge in [-0.1, -0.05) is 17.7 Å². The molecule has 1 saturated heterocycles. The van der Waals surface area contributed by atoms with Gasteiger partial charge in [0.1, 0.15) is 0 Å². The van der Waals surface area contributed by atoms with Crippen LogP contribution in [0.4, 0.5) is 11.6 Å². The summed E-state index contributed by atoms with van der Waals surface area (Å²) in [6.45, 7) is 1.65. The van der Waals surface area contributed by atoms with E-state index < -0.39 is 5.91 Å². The van der Waals surface area contributed by atoms with E-state index in [1.54, 1.807) is 0 Å². The molecule has 2 aromatic heterocycles. The summed E-state index contributed by atoms with van der Waals surface area (Å²) in [5, 5.41) is 6.79. The molecule has 1 fully saturated rings. The van der Waals surface area contributed by atoms with Crippen molar-refractivity contribution in [1.82, 2.24) is 30.5 Å². The highest BCUT2D eigenvalue weighted by Gasteiger charge is 2.40. The number of hydrogen-bond donors (Lipinski definition) is 5. The lowest BCUT2D eigenvalue weighted by atomic mass is 9.88. The number of guanidine groups is 1. The summed E-state index contributed by atoms with van der Waals surface area (Å²) < 4.78 is 0. The maximum atomic E-state index is 13.1. The lowest BCUT2D eigenvalue weighted by Crippen LogP contribution is -2.57. The molecule has 170 valence electrons. The van der Waals surface area contributed by atoms with Gasteiger partial charge in [-0.2, -0.15) is 0 Å². The molecule has 0 aliphatic carbocycles. The van der Waals surface area contributed by atoms with E-state index >= 15 is 0 Å². The van der Waals surface area contributed by atoms with E-state index in [0.717, 1.165) is 10.9 Å². The lowest BCUT2D eigenvalue weighted by Gasteiger charge is -2.39. The first-order valence-electron chi connectivity index (χ1n) is 10.4. The number of halogens is 1. The maximum absolute atomic E-state index is 13.1. The van der Waals surface area contributed by atoms with Crippen molar-refractivity contribution in [3.63, 3.8) is 0 Å². The summed E-state index contributed by atoms with van der Waals surface area (Å²) in [4.78, 5) is 42.8. The third kappa shape index (κ3) is 3.80. The molecule has 0 atom stereocenters. The summed E-state index contributed by atoms with van der Waals surface area (Å²) in [7, 11) is 0. The second-order valence-electron chi connectivity index (χ2n) is 8.19. The van der Waals surface area contributed by atoms with Crippen molar-refractivity contribution in [3.8, 4) is 0 Å². The van der Waals surface area contributed by atoms with Gasteiger partial charge in [-0.15, -0.1) is 0 Å². The number of nitrogens with zero attached hydrogens (tertiary/aromatic N) is 4. The van der Waals surface area contributed by atoms with E-state index in [4.69, 9.17) is 23.1 Å². The van der Waals surface area contributed by atoms with Crippen molar-refractivity contribution >= 4 is 51.9 Å². The number of aliphatic imine (C=N–C) groups is 1. The van der Waals surface area contributed by atoms with Gasteiger partial charge in [-0.25, -0.2) is 9.97 Å². The van der Waals surface area contributed by atoms with Gasteiger partial charge in [-0.05, 0) is 31.0 Å². The zero-order chi connectivity index (χ0) is 23.2. The number of amides is 2. The largest absolute Gasteiger partial charge is 0.382 e. The molecule has 1 spiro atoms. The van der Waals surface area contributed by atoms with Gasteiger partial charge in [0.2, 0.25) is 0 Å². The first kappa shape index (κ1) is 21.0. The minimum Gasteiger partial charge on any atom is -0.382 e. The Bertz CT molecular complexity index is 1290. The number of carbonyl (C=O) groups is 2. The second kappa shape index (κ2) is 7.93. The Kier molecular flexibility index (Phi) is 5.05. The number of aromatic amines is 1. The average molecular weight is 468 g/mol. The van der Waals surface area contributed by atoms with Crippen LogP contribution in [0, 0.1) is 0 Å². The topological polar surface area (TPSA) is 167 Å². The van der Waals surface area contributed by atoms with Gasteiger partial charge < -0.3 is 26.7 Å². The number of benzene rings is 1. The molecule has 3 aromatic rings. The monoisotopic (exact) mass is 467 g/mol. The first-order valence-corrected chi connectivity index (χ1v) is 10.8. The normalized spacial score (nSPS) is 17.1. The number of H-pyrrole nitrogens is 1. The fraction of sp³-hybridized carbons (Fsp3) is 0.286. The maximum Gasteiger partial charge on any atom is 0.280 e. The number of anilines is 2. The number of piperidine rings is 1. The number of aromatic nitrogens is 3. The van der Waals surface area contributed by atoms with Gasteiger partial charge >= 0.3 is 0 Å². The van der Waals surface area contributed by atoms with Crippen LogP contribution >= 0.6 is 11.6 Å². The molecule has 4 heterocycles. The summed E-state index contributed by atoms with van der Waals surface area (Å²) in [6.07, 6.45) is 3.22. The predicted octanol–water partition coefficient (Wildman–Crippen LogP) is 1.14. The van der Waals surface area contributed by atoms with Crippen LogP contribution in [-0.4, -0.2) is 62.8 Å². The SMILES string of the molecule is Nc1nc(N)c(C(=O)NC2=NCC3(CCN(C(=O)c4cccc5[nH]ccc45)CC3)N2)nc1Cl. The van der Waals surface area contributed by atoms with Crippen LogP contribution in [0.3, 0.4) is 0 Å². The number of hydrogen-bond acceptors (Lipinski definition) is 8. The van der Waals surface area contributed by atoms with Crippen LogP contribution in [0.25, 0.3) is 10.9 Å². The third-order valence-electron chi connectivity index (χ3n) is 6.11. The van der Waals surface area contributed by atoms with Crippen LogP contribution in [0.2, 0.25) is 5.15 Å². The average Bonchev–Trinajstić information content (AvgIpc) is 3.43. The molecule has 33 heavy (non-hydrogen) atoms. The Morgan fingerprint density at radius 1 is 1.12 bits per heavy atom. The molecule has 0 saturated carbocycles. The highest BCUT2D eigenvalue weighted by molar-refractivity contribution is 6.31. The molecule has 2 amide bonds. The summed E-state index contributed by atoms with van der Waals surface area (Å²) in [6, 6.07) is 7.60. The van der Waals surface area contributed by atoms with Crippen LogP contribution in [0.1, 0.15) is 33.7 Å². The molecule has 7 N–H and O–H groups in total. The molecule has 2 aliphatic heterocycles. The quantitative estimate of drug-likeness (QED) is 0.376. The van der Waals surface area contributed by atoms with Crippen LogP contribution in [-0.2, 0) is 0 Å². The minimum atomic E-state index is -0.586. The van der Waals surface area contributed by atoms with E-state index in [0.29, 0.717) is 44.0 Å². The fourth-order valence-electron chi connectivity index (χ4n) is 4.27. The fourth-order valence-corrected chi connectivity index (χ4v) is 4.40. The molecule has 11 nitrogen and oxygen atoms in total. The molecule has 12 heteroatoms. The summed E-state index contributed by atoms with van der Waals surface area (Å²) >= 11 is 5.86. The molecule has 2 aliphatic rings. The Morgan fingerprint density at radius 2 is 1.91 bits per heavy atom.